The Labute approximate surface area is 184 Å². The third kappa shape index (κ3) is 4.10. The molecule has 31 heavy (non-hydrogen) atoms. The highest BCUT2D eigenvalue weighted by molar-refractivity contribution is 6.32. The Balaban J connectivity index is 2.45. The van der Waals surface area contributed by atoms with Gasteiger partial charge in [-0.2, -0.15) is 5.10 Å². The van der Waals surface area contributed by atoms with Gasteiger partial charge in [0, 0.05) is 23.7 Å². The number of hydrogen-bond acceptors (Lipinski definition) is 3. The monoisotopic (exact) mass is 438 g/mol. The van der Waals surface area contributed by atoms with Crippen molar-refractivity contribution in [2.45, 2.75) is 26.2 Å². The molecule has 1 N–H and O–H groups in total. The number of aliphatic carboxylic acids is 1. The lowest BCUT2D eigenvalue weighted by Gasteiger charge is -2.25. The zero-order valence-electron chi connectivity index (χ0n) is 17.5. The van der Waals surface area contributed by atoms with E-state index in [9.17, 15) is 14.7 Å². The summed E-state index contributed by atoms with van der Waals surface area (Å²) in [6.07, 6.45) is 0. The molecular weight excluding hydrogens is 419 g/mol. The number of hydrogen-bond donors (Lipinski definition) is 1. The van der Waals surface area contributed by atoms with E-state index >= 15 is 4.39 Å². The maximum Gasteiger partial charge on any atom is 0.313 e. The van der Waals surface area contributed by atoms with E-state index in [0.29, 0.717) is 11.3 Å². The molecule has 0 fully saturated rings. The minimum Gasteiger partial charge on any atom is -0.481 e. The molecule has 0 aliphatic carbocycles. The lowest BCUT2D eigenvalue weighted by molar-refractivity contribution is -0.142. The first-order valence-electron chi connectivity index (χ1n) is 9.43. The Morgan fingerprint density at radius 2 is 1.77 bits per heavy atom. The molecule has 0 radical (unpaired) electrons. The molecular formula is C24H20ClFN2O3. The third-order valence-electron chi connectivity index (χ3n) is 5.04. The average Bonchev–Trinajstić information content (AvgIpc) is 2.71. The summed E-state index contributed by atoms with van der Waals surface area (Å²) in [7, 11) is 1.42. The van der Waals surface area contributed by atoms with Crippen LogP contribution in [0, 0.1) is 24.6 Å². The van der Waals surface area contributed by atoms with Crippen molar-refractivity contribution in [3.8, 4) is 23.0 Å². The van der Waals surface area contributed by atoms with E-state index in [1.807, 2.05) is 18.2 Å². The summed E-state index contributed by atoms with van der Waals surface area (Å²) < 4.78 is 16.3. The molecule has 5 nitrogen and oxygen atoms in total. The number of carboxylic acids is 1. The number of nitrogens with zero attached hydrogens (tertiary/aromatic N) is 2. The molecule has 0 aliphatic rings. The van der Waals surface area contributed by atoms with Gasteiger partial charge in [-0.05, 0) is 45.0 Å². The van der Waals surface area contributed by atoms with E-state index in [1.165, 1.54) is 27.0 Å². The van der Waals surface area contributed by atoms with Gasteiger partial charge in [0.1, 0.15) is 5.82 Å². The number of halogens is 2. The van der Waals surface area contributed by atoms with Gasteiger partial charge in [0.25, 0.3) is 5.56 Å². The SMILES string of the molecule is Cc1nn(C)c(=O)c(-c2c(F)ccc(Cl)c2C#Cc2ccccc2)c1C(C)(C)C(=O)O. The Morgan fingerprint density at radius 3 is 2.39 bits per heavy atom. The summed E-state index contributed by atoms with van der Waals surface area (Å²) in [5.41, 5.74) is -1.20. The second kappa shape index (κ2) is 8.37. The van der Waals surface area contributed by atoms with Crippen LogP contribution in [-0.4, -0.2) is 20.9 Å². The fraction of sp³-hybridized carbons (Fsp3) is 0.208. The van der Waals surface area contributed by atoms with Gasteiger partial charge < -0.3 is 5.11 Å². The quantitative estimate of drug-likeness (QED) is 0.618. The first-order chi connectivity index (χ1) is 14.6. The highest BCUT2D eigenvalue weighted by atomic mass is 35.5. The third-order valence-corrected chi connectivity index (χ3v) is 5.35. The Hall–Kier alpha value is -3.43. The molecule has 1 heterocycles. The molecule has 3 aromatic rings. The summed E-state index contributed by atoms with van der Waals surface area (Å²) in [5.74, 6) is 3.90. The summed E-state index contributed by atoms with van der Waals surface area (Å²) in [4.78, 5) is 25.2. The Bertz CT molecular complexity index is 1300. The van der Waals surface area contributed by atoms with E-state index in [1.54, 1.807) is 19.1 Å². The van der Waals surface area contributed by atoms with Crippen molar-refractivity contribution in [3.05, 3.63) is 86.0 Å². The maximum absolute atomic E-state index is 15.2. The second-order valence-corrected chi connectivity index (χ2v) is 8.00. The van der Waals surface area contributed by atoms with Gasteiger partial charge in [0.2, 0.25) is 0 Å². The van der Waals surface area contributed by atoms with Crippen LogP contribution in [0.5, 0.6) is 0 Å². The molecule has 0 amide bonds. The number of carbonyl (C=O) groups is 1. The van der Waals surface area contributed by atoms with Crippen molar-refractivity contribution < 1.29 is 14.3 Å². The van der Waals surface area contributed by atoms with Crippen molar-refractivity contribution in [1.82, 2.24) is 9.78 Å². The van der Waals surface area contributed by atoms with E-state index in [4.69, 9.17) is 11.6 Å². The summed E-state index contributed by atoms with van der Waals surface area (Å²) in [6, 6.07) is 11.5. The normalized spacial score (nSPS) is 11.0. The highest BCUT2D eigenvalue weighted by Crippen LogP contribution is 2.37. The number of aryl methyl sites for hydroxylation is 2. The molecule has 0 saturated heterocycles. The lowest BCUT2D eigenvalue weighted by Crippen LogP contribution is -2.35. The van der Waals surface area contributed by atoms with Crippen LogP contribution in [0.2, 0.25) is 5.02 Å². The van der Waals surface area contributed by atoms with Crippen LogP contribution in [0.3, 0.4) is 0 Å². The predicted molar refractivity (Wildman–Crippen MR) is 118 cm³/mol. The molecule has 1 aromatic heterocycles. The summed E-state index contributed by atoms with van der Waals surface area (Å²) in [6.45, 7) is 4.47. The molecule has 0 aliphatic heterocycles. The number of aromatic nitrogens is 2. The molecule has 0 atom stereocenters. The summed E-state index contributed by atoms with van der Waals surface area (Å²) >= 11 is 6.37. The van der Waals surface area contributed by atoms with Crippen LogP contribution < -0.4 is 5.56 Å². The van der Waals surface area contributed by atoms with Gasteiger partial charge in [-0.1, -0.05) is 41.6 Å². The summed E-state index contributed by atoms with van der Waals surface area (Å²) in [5, 5.41) is 14.1. The predicted octanol–water partition coefficient (Wildman–Crippen LogP) is 4.31. The van der Waals surface area contributed by atoms with Gasteiger partial charge in [0.05, 0.1) is 27.3 Å². The van der Waals surface area contributed by atoms with Crippen LogP contribution in [0.1, 0.15) is 36.2 Å². The van der Waals surface area contributed by atoms with Crippen molar-refractivity contribution >= 4 is 17.6 Å². The van der Waals surface area contributed by atoms with E-state index in [2.05, 4.69) is 16.9 Å². The standard InChI is InChI=1S/C24H20ClFN2O3/c1-14-21(24(2,3)23(30)31)20(22(29)28(4)27-14)19-16(17(25)12-13-18(19)26)11-10-15-8-6-5-7-9-15/h5-9,12-13H,1-4H3,(H,30,31). The highest BCUT2D eigenvalue weighted by Gasteiger charge is 2.37. The maximum atomic E-state index is 15.2. The van der Waals surface area contributed by atoms with Crippen molar-refractivity contribution in [3.63, 3.8) is 0 Å². The average molecular weight is 439 g/mol. The molecule has 0 bridgehead atoms. The van der Waals surface area contributed by atoms with Gasteiger partial charge in [-0.3, -0.25) is 9.59 Å². The van der Waals surface area contributed by atoms with Gasteiger partial charge in [0.15, 0.2) is 0 Å². The first-order valence-corrected chi connectivity index (χ1v) is 9.80. The fourth-order valence-electron chi connectivity index (χ4n) is 3.45. The second-order valence-electron chi connectivity index (χ2n) is 7.59. The van der Waals surface area contributed by atoms with E-state index in [-0.39, 0.29) is 27.3 Å². The van der Waals surface area contributed by atoms with Crippen LogP contribution in [0.15, 0.2) is 47.3 Å². The van der Waals surface area contributed by atoms with Crippen LogP contribution in [0.4, 0.5) is 4.39 Å². The zero-order valence-corrected chi connectivity index (χ0v) is 18.2. The molecule has 0 spiro atoms. The first kappa shape index (κ1) is 22.3. The minimum atomic E-state index is -1.52. The number of rotatable bonds is 3. The van der Waals surface area contributed by atoms with E-state index < -0.39 is 22.8 Å². The Kier molecular flexibility index (Phi) is 6.01. The van der Waals surface area contributed by atoms with Crippen molar-refractivity contribution in [2.75, 3.05) is 0 Å². The molecule has 0 saturated carbocycles. The van der Waals surface area contributed by atoms with Crippen LogP contribution in [0.25, 0.3) is 11.1 Å². The van der Waals surface area contributed by atoms with E-state index in [0.717, 1.165) is 10.7 Å². The molecule has 0 unspecified atom stereocenters. The van der Waals surface area contributed by atoms with Gasteiger partial charge in [-0.25, -0.2) is 9.07 Å². The molecule has 3 rings (SSSR count). The number of benzene rings is 2. The largest absolute Gasteiger partial charge is 0.481 e. The minimum absolute atomic E-state index is 0.107. The van der Waals surface area contributed by atoms with Crippen LogP contribution in [-0.2, 0) is 17.3 Å². The zero-order chi connectivity index (χ0) is 22.9. The smallest absolute Gasteiger partial charge is 0.313 e. The topological polar surface area (TPSA) is 72.2 Å². The van der Waals surface area contributed by atoms with Crippen molar-refractivity contribution in [1.29, 1.82) is 0 Å². The van der Waals surface area contributed by atoms with Gasteiger partial charge >= 0.3 is 5.97 Å². The molecule has 2 aromatic carbocycles. The van der Waals surface area contributed by atoms with Gasteiger partial charge in [-0.15, -0.1) is 0 Å². The van der Waals surface area contributed by atoms with Crippen molar-refractivity contribution in [2.24, 2.45) is 7.05 Å². The molecule has 7 heteroatoms. The molecule has 158 valence electrons. The fourth-order valence-corrected chi connectivity index (χ4v) is 3.65. The number of carboxylic acid groups (broad SMARTS) is 1. The van der Waals surface area contributed by atoms with Crippen LogP contribution >= 0.6 is 11.6 Å². The lowest BCUT2D eigenvalue weighted by atomic mass is 9.79. The Morgan fingerprint density at radius 1 is 1.13 bits per heavy atom.